The molecule has 2 aromatic rings. The van der Waals surface area contributed by atoms with Gasteiger partial charge in [-0.2, -0.15) is 5.10 Å². The summed E-state index contributed by atoms with van der Waals surface area (Å²) in [7, 11) is 0. The van der Waals surface area contributed by atoms with Gasteiger partial charge in [0.1, 0.15) is 0 Å². The number of allylic oxidation sites excluding steroid dienone is 1. The van der Waals surface area contributed by atoms with E-state index in [2.05, 4.69) is 16.7 Å². The first kappa shape index (κ1) is 13.3. The van der Waals surface area contributed by atoms with Gasteiger partial charge in [0.15, 0.2) is 5.65 Å². The molecule has 0 amide bonds. The van der Waals surface area contributed by atoms with Crippen molar-refractivity contribution in [2.75, 3.05) is 6.61 Å². The number of rotatable bonds is 4. The number of hydrogen-bond donors (Lipinski definition) is 0. The number of imidazole rings is 1. The Kier molecular flexibility index (Phi) is 3.64. The maximum absolute atomic E-state index is 12.0. The molecule has 19 heavy (non-hydrogen) atoms. The minimum absolute atomic E-state index is 0.379. The van der Waals surface area contributed by atoms with Crippen molar-refractivity contribution < 1.29 is 9.53 Å². The second kappa shape index (κ2) is 5.22. The minimum Gasteiger partial charge on any atom is -0.462 e. The summed E-state index contributed by atoms with van der Waals surface area (Å²) in [6.07, 6.45) is 4.10. The zero-order valence-corrected chi connectivity index (χ0v) is 11.4. The summed E-state index contributed by atoms with van der Waals surface area (Å²) in [5.74, 6) is -0.379. The Balaban J connectivity index is 2.57. The fourth-order valence-electron chi connectivity index (χ4n) is 1.90. The van der Waals surface area contributed by atoms with Crippen LogP contribution in [0.3, 0.4) is 0 Å². The average molecular weight is 259 g/mol. The van der Waals surface area contributed by atoms with Gasteiger partial charge in [0, 0.05) is 5.56 Å². The first-order chi connectivity index (χ1) is 9.04. The third-order valence-electron chi connectivity index (χ3n) is 2.70. The van der Waals surface area contributed by atoms with Gasteiger partial charge in [-0.3, -0.25) is 0 Å². The van der Waals surface area contributed by atoms with E-state index in [0.717, 1.165) is 17.7 Å². The molecule has 0 spiro atoms. The molecule has 0 radical (unpaired) electrons. The topological polar surface area (TPSA) is 56.5 Å². The summed E-state index contributed by atoms with van der Waals surface area (Å²) < 4.78 is 6.82. The Morgan fingerprint density at radius 1 is 1.53 bits per heavy atom. The van der Waals surface area contributed by atoms with Crippen molar-refractivity contribution in [3.8, 4) is 0 Å². The van der Waals surface area contributed by atoms with Crippen molar-refractivity contribution in [2.24, 2.45) is 0 Å². The zero-order chi connectivity index (χ0) is 14.0. The molecule has 2 rings (SSSR count). The summed E-state index contributed by atoms with van der Waals surface area (Å²) in [5.41, 5.74) is 3.36. The molecule has 0 bridgehead atoms. The third-order valence-corrected chi connectivity index (χ3v) is 2.70. The van der Waals surface area contributed by atoms with E-state index >= 15 is 0 Å². The molecule has 100 valence electrons. The van der Waals surface area contributed by atoms with E-state index in [1.54, 1.807) is 4.52 Å². The molecule has 0 unspecified atom stereocenters. The van der Waals surface area contributed by atoms with Crippen LogP contribution in [0.25, 0.3) is 11.2 Å². The number of aryl methyl sites for hydroxylation is 1. The maximum atomic E-state index is 12.0. The predicted molar refractivity (Wildman–Crippen MR) is 73.0 cm³/mol. The number of ether oxygens (including phenoxy) is 1. The smallest absolute Gasteiger partial charge is 0.340 e. The van der Waals surface area contributed by atoms with Crippen LogP contribution in [0.4, 0.5) is 0 Å². The van der Waals surface area contributed by atoms with Gasteiger partial charge in [0.2, 0.25) is 0 Å². The van der Waals surface area contributed by atoms with Crippen LogP contribution in [0.5, 0.6) is 0 Å². The molecule has 2 aromatic heterocycles. The maximum Gasteiger partial charge on any atom is 0.340 e. The van der Waals surface area contributed by atoms with Crippen molar-refractivity contribution >= 4 is 17.2 Å². The van der Waals surface area contributed by atoms with Gasteiger partial charge in [-0.05, 0) is 25.8 Å². The van der Waals surface area contributed by atoms with Crippen LogP contribution in [0, 0.1) is 6.92 Å². The van der Waals surface area contributed by atoms with Crippen LogP contribution < -0.4 is 0 Å². The summed E-state index contributed by atoms with van der Waals surface area (Å²) in [4.78, 5) is 16.4. The van der Waals surface area contributed by atoms with Gasteiger partial charge in [-0.25, -0.2) is 14.3 Å². The standard InChI is InChI=1S/C14H17N3O2/c1-5-6-19-14(18)11-7-15-17-8-10(4)16-13(17)12(11)9(2)3/h7-8H,2,5-6H2,1,3-4H3. The highest BCUT2D eigenvalue weighted by Gasteiger charge is 2.18. The molecule has 0 aliphatic heterocycles. The number of nitrogens with zero attached hydrogens (tertiary/aromatic N) is 3. The molecule has 0 saturated carbocycles. The van der Waals surface area contributed by atoms with E-state index in [-0.39, 0.29) is 5.97 Å². The fraction of sp³-hybridized carbons (Fsp3) is 0.357. The number of aromatic nitrogens is 3. The van der Waals surface area contributed by atoms with Crippen LogP contribution in [-0.2, 0) is 4.74 Å². The van der Waals surface area contributed by atoms with Crippen LogP contribution in [0.1, 0.15) is 41.9 Å². The molecule has 0 saturated heterocycles. The molecule has 2 heterocycles. The summed E-state index contributed by atoms with van der Waals surface area (Å²) in [6, 6.07) is 0. The van der Waals surface area contributed by atoms with Gasteiger partial charge in [-0.1, -0.05) is 13.5 Å². The molecule has 0 aliphatic rings. The molecule has 5 nitrogen and oxygen atoms in total. The lowest BCUT2D eigenvalue weighted by Crippen LogP contribution is -2.11. The van der Waals surface area contributed by atoms with E-state index < -0.39 is 0 Å². The van der Waals surface area contributed by atoms with Crippen LogP contribution in [0.15, 0.2) is 19.0 Å². The van der Waals surface area contributed by atoms with E-state index in [9.17, 15) is 4.79 Å². The third kappa shape index (κ3) is 2.50. The Morgan fingerprint density at radius 3 is 2.89 bits per heavy atom. The van der Waals surface area contributed by atoms with Gasteiger partial charge in [0.05, 0.1) is 30.3 Å². The SMILES string of the molecule is C=C(C)c1c(C(=O)OCCC)cnn2cc(C)nc12. The monoisotopic (exact) mass is 259 g/mol. The number of esters is 1. The molecule has 0 atom stereocenters. The first-order valence-corrected chi connectivity index (χ1v) is 6.22. The van der Waals surface area contributed by atoms with Crippen molar-refractivity contribution in [3.05, 3.63) is 35.8 Å². The second-order valence-electron chi connectivity index (χ2n) is 4.50. The first-order valence-electron chi connectivity index (χ1n) is 6.22. The van der Waals surface area contributed by atoms with Gasteiger partial charge in [0.25, 0.3) is 0 Å². The van der Waals surface area contributed by atoms with E-state index in [1.807, 2.05) is 27.0 Å². The van der Waals surface area contributed by atoms with Crippen LogP contribution >= 0.6 is 0 Å². The Morgan fingerprint density at radius 2 is 2.26 bits per heavy atom. The highest BCUT2D eigenvalue weighted by molar-refractivity contribution is 5.97. The van der Waals surface area contributed by atoms with E-state index in [1.165, 1.54) is 6.20 Å². The number of fused-ring (bicyclic) bond motifs is 1. The predicted octanol–water partition coefficient (Wildman–Crippen LogP) is 2.64. The second-order valence-corrected chi connectivity index (χ2v) is 4.50. The largest absolute Gasteiger partial charge is 0.462 e. The lowest BCUT2D eigenvalue weighted by atomic mass is 10.1. The molecular formula is C14H17N3O2. The fourth-order valence-corrected chi connectivity index (χ4v) is 1.90. The van der Waals surface area contributed by atoms with Crippen molar-refractivity contribution in [3.63, 3.8) is 0 Å². The van der Waals surface area contributed by atoms with Crippen LogP contribution in [0.2, 0.25) is 0 Å². The average Bonchev–Trinajstić information content (AvgIpc) is 2.74. The van der Waals surface area contributed by atoms with Gasteiger partial charge >= 0.3 is 5.97 Å². The highest BCUT2D eigenvalue weighted by atomic mass is 16.5. The lowest BCUT2D eigenvalue weighted by Gasteiger charge is -2.09. The minimum atomic E-state index is -0.379. The number of carbonyl (C=O) groups is 1. The zero-order valence-electron chi connectivity index (χ0n) is 11.4. The Bertz CT molecular complexity index is 643. The normalized spacial score (nSPS) is 10.7. The summed E-state index contributed by atoms with van der Waals surface area (Å²) in [5, 5.41) is 4.19. The van der Waals surface area contributed by atoms with Crippen molar-refractivity contribution in [1.29, 1.82) is 0 Å². The van der Waals surface area contributed by atoms with Gasteiger partial charge < -0.3 is 4.74 Å². The molecule has 0 aliphatic carbocycles. The summed E-state index contributed by atoms with van der Waals surface area (Å²) in [6.45, 7) is 9.99. The quantitative estimate of drug-likeness (QED) is 0.792. The van der Waals surface area contributed by atoms with E-state index in [0.29, 0.717) is 23.4 Å². The molecular weight excluding hydrogens is 242 g/mol. The molecule has 0 aromatic carbocycles. The molecule has 0 fully saturated rings. The highest BCUT2D eigenvalue weighted by Crippen LogP contribution is 2.22. The summed E-state index contributed by atoms with van der Waals surface area (Å²) >= 11 is 0. The number of hydrogen-bond acceptors (Lipinski definition) is 4. The van der Waals surface area contributed by atoms with Crippen molar-refractivity contribution in [1.82, 2.24) is 14.6 Å². The Hall–Kier alpha value is -2.17. The van der Waals surface area contributed by atoms with E-state index in [4.69, 9.17) is 4.74 Å². The molecule has 0 N–H and O–H groups in total. The number of carbonyl (C=O) groups excluding carboxylic acids is 1. The lowest BCUT2D eigenvalue weighted by molar-refractivity contribution is 0.0504. The Labute approximate surface area is 111 Å². The van der Waals surface area contributed by atoms with Gasteiger partial charge in [-0.15, -0.1) is 0 Å². The molecule has 5 heteroatoms. The van der Waals surface area contributed by atoms with Crippen molar-refractivity contribution in [2.45, 2.75) is 27.2 Å². The van der Waals surface area contributed by atoms with Crippen LogP contribution in [-0.4, -0.2) is 27.2 Å².